The van der Waals surface area contributed by atoms with Gasteiger partial charge in [-0.1, -0.05) is 0 Å². The minimum atomic E-state index is -0.129. The number of fused-ring (bicyclic) bond motifs is 1. The lowest BCUT2D eigenvalue weighted by Crippen LogP contribution is -2.41. The maximum absolute atomic E-state index is 12.3. The highest BCUT2D eigenvalue weighted by Crippen LogP contribution is 2.38. The van der Waals surface area contributed by atoms with Crippen LogP contribution in [-0.2, 0) is 14.4 Å². The number of amides is 1. The predicted molar refractivity (Wildman–Crippen MR) is 87.2 cm³/mol. The van der Waals surface area contributed by atoms with E-state index in [1.165, 1.54) is 7.11 Å². The molecule has 128 valence electrons. The summed E-state index contributed by atoms with van der Waals surface area (Å²) in [5.41, 5.74) is 1.46. The van der Waals surface area contributed by atoms with Crippen molar-refractivity contribution in [2.45, 2.75) is 0 Å². The van der Waals surface area contributed by atoms with Crippen LogP contribution in [0.4, 0.5) is 11.4 Å². The van der Waals surface area contributed by atoms with E-state index >= 15 is 0 Å². The smallest absolute Gasteiger partial charge is 0.327 e. The van der Waals surface area contributed by atoms with Crippen molar-refractivity contribution in [2.75, 3.05) is 51.9 Å². The Morgan fingerprint density at radius 1 is 1.38 bits per heavy atom. The molecule has 8 heteroatoms. The van der Waals surface area contributed by atoms with E-state index in [0.717, 1.165) is 13.1 Å². The van der Waals surface area contributed by atoms with Crippen LogP contribution in [-0.4, -0.2) is 62.3 Å². The zero-order chi connectivity index (χ0) is 16.9. The second kappa shape index (κ2) is 7.41. The molecule has 8 nitrogen and oxygen atoms in total. The Labute approximate surface area is 139 Å². The van der Waals surface area contributed by atoms with Crippen molar-refractivity contribution in [3.05, 3.63) is 28.7 Å². The summed E-state index contributed by atoms with van der Waals surface area (Å²) in [6.07, 6.45) is 3.59. The molecule has 0 unspecified atom stereocenters. The fourth-order valence-electron chi connectivity index (χ4n) is 2.71. The number of nitrogens with one attached hydrogen (secondary N) is 1. The first kappa shape index (κ1) is 16.4. The lowest BCUT2D eigenvalue weighted by Gasteiger charge is -2.26. The molecule has 0 atom stereocenters. The van der Waals surface area contributed by atoms with Gasteiger partial charge in [0.2, 0.25) is 5.91 Å². The molecular formula is C16H20N3O5+. The second-order valence-electron chi connectivity index (χ2n) is 5.46. The summed E-state index contributed by atoms with van der Waals surface area (Å²) in [5, 5.41) is 2.86. The molecule has 2 aliphatic heterocycles. The molecule has 1 fully saturated rings. The van der Waals surface area contributed by atoms with E-state index in [9.17, 15) is 9.70 Å². The van der Waals surface area contributed by atoms with Crippen molar-refractivity contribution >= 4 is 23.4 Å². The number of carbonyl (C=O) groups excluding carboxylic acids is 1. The van der Waals surface area contributed by atoms with Gasteiger partial charge in [0.1, 0.15) is 12.2 Å². The van der Waals surface area contributed by atoms with Crippen LogP contribution in [0.3, 0.4) is 0 Å². The van der Waals surface area contributed by atoms with Crippen molar-refractivity contribution in [2.24, 2.45) is 0 Å². The number of benzene rings is 1. The van der Waals surface area contributed by atoms with Crippen LogP contribution in [0.25, 0.3) is 6.08 Å². The highest BCUT2D eigenvalue weighted by atomic mass is 16.8. The third-order valence-electron chi connectivity index (χ3n) is 3.89. The summed E-state index contributed by atoms with van der Waals surface area (Å²) in [4.78, 5) is 31.2. The molecule has 0 bridgehead atoms. The average molecular weight is 334 g/mol. The third kappa shape index (κ3) is 3.55. The first-order valence-electron chi connectivity index (χ1n) is 7.76. The van der Waals surface area contributed by atoms with Crippen LogP contribution in [0, 0.1) is 4.91 Å². The molecule has 2 aliphatic rings. The van der Waals surface area contributed by atoms with E-state index in [1.807, 2.05) is 4.90 Å². The fourth-order valence-corrected chi connectivity index (χ4v) is 2.71. The Morgan fingerprint density at radius 2 is 2.17 bits per heavy atom. The molecule has 24 heavy (non-hydrogen) atoms. The van der Waals surface area contributed by atoms with Gasteiger partial charge in [-0.25, -0.2) is 4.84 Å². The second-order valence-corrected chi connectivity index (χ2v) is 5.46. The number of morpholine rings is 1. The number of rotatable bonds is 5. The largest absolute Gasteiger partial charge is 0.486 e. The SMILES string of the molecule is CO[N+](=O)c1ccc(NC(=O)CN2CCOCC2)c2c1C=CCO2. The number of ether oxygens (including phenoxy) is 2. The Morgan fingerprint density at radius 3 is 2.92 bits per heavy atom. The van der Waals surface area contributed by atoms with E-state index < -0.39 is 0 Å². The van der Waals surface area contributed by atoms with Gasteiger partial charge in [0.05, 0.1) is 30.4 Å². The van der Waals surface area contributed by atoms with Gasteiger partial charge in [0, 0.05) is 19.2 Å². The number of hydrogen-bond donors (Lipinski definition) is 1. The lowest BCUT2D eigenvalue weighted by molar-refractivity contribution is -0.736. The topological polar surface area (TPSA) is 80.1 Å². The molecule has 1 aromatic rings. The molecule has 0 aliphatic carbocycles. The van der Waals surface area contributed by atoms with Crippen LogP contribution in [0.15, 0.2) is 18.2 Å². The summed E-state index contributed by atoms with van der Waals surface area (Å²) in [6.45, 7) is 3.44. The summed E-state index contributed by atoms with van der Waals surface area (Å²) >= 11 is 0. The lowest BCUT2D eigenvalue weighted by atomic mass is 10.1. The zero-order valence-corrected chi connectivity index (χ0v) is 13.5. The molecule has 0 spiro atoms. The van der Waals surface area contributed by atoms with Gasteiger partial charge >= 0.3 is 5.69 Å². The number of nitrogens with zero attached hydrogens (tertiary/aromatic N) is 2. The van der Waals surface area contributed by atoms with E-state index in [4.69, 9.17) is 14.3 Å². The monoisotopic (exact) mass is 334 g/mol. The molecule has 0 aromatic heterocycles. The van der Waals surface area contributed by atoms with Gasteiger partial charge in [0.15, 0.2) is 12.9 Å². The van der Waals surface area contributed by atoms with E-state index in [0.29, 0.717) is 54.0 Å². The summed E-state index contributed by atoms with van der Waals surface area (Å²) < 4.78 is 10.9. The average Bonchev–Trinajstić information content (AvgIpc) is 2.62. The molecule has 1 aromatic carbocycles. The first-order chi connectivity index (χ1) is 11.7. The first-order valence-corrected chi connectivity index (χ1v) is 7.76. The van der Waals surface area contributed by atoms with Gasteiger partial charge in [-0.2, -0.15) is 0 Å². The zero-order valence-electron chi connectivity index (χ0n) is 13.5. The maximum Gasteiger partial charge on any atom is 0.327 e. The van der Waals surface area contributed by atoms with Crippen LogP contribution in [0.1, 0.15) is 5.56 Å². The van der Waals surface area contributed by atoms with E-state index in [2.05, 4.69) is 5.32 Å². The number of anilines is 1. The van der Waals surface area contributed by atoms with Gasteiger partial charge in [0.25, 0.3) is 4.92 Å². The minimum Gasteiger partial charge on any atom is -0.486 e. The van der Waals surface area contributed by atoms with E-state index in [-0.39, 0.29) is 5.91 Å². The Hall–Kier alpha value is -2.45. The Bertz CT molecular complexity index is 668. The molecule has 1 N–H and O–H groups in total. The molecule has 2 heterocycles. The van der Waals surface area contributed by atoms with Crippen LogP contribution in [0.5, 0.6) is 5.75 Å². The standard InChI is InChI=1S/C16H19N3O5/c1-22-19(21)14-5-4-13(16-12(14)3-2-8-24-16)17-15(20)11-18-6-9-23-10-7-18/h2-5H,6-11H2,1H3/p+1. The summed E-state index contributed by atoms with van der Waals surface area (Å²) in [5.74, 6) is 0.346. The molecule has 1 amide bonds. The van der Waals surface area contributed by atoms with Gasteiger partial charge in [-0.05, 0) is 18.2 Å². The molecular weight excluding hydrogens is 314 g/mol. The van der Waals surface area contributed by atoms with Crippen molar-refractivity contribution in [3.8, 4) is 5.75 Å². The predicted octanol–water partition coefficient (Wildman–Crippen LogP) is 1.33. The quantitative estimate of drug-likeness (QED) is 0.819. The number of carbonyl (C=O) groups is 1. The van der Waals surface area contributed by atoms with Crippen molar-refractivity contribution in [1.82, 2.24) is 4.90 Å². The minimum absolute atomic E-state index is 0.129. The maximum atomic E-state index is 12.3. The van der Waals surface area contributed by atoms with E-state index in [1.54, 1.807) is 24.3 Å². The fraction of sp³-hybridized carbons (Fsp3) is 0.438. The van der Waals surface area contributed by atoms with Crippen molar-refractivity contribution < 1.29 is 24.0 Å². The van der Waals surface area contributed by atoms with Crippen LogP contribution >= 0.6 is 0 Å². The molecule has 3 rings (SSSR count). The normalized spacial score (nSPS) is 16.9. The Balaban J connectivity index is 1.77. The summed E-state index contributed by atoms with van der Waals surface area (Å²) in [6, 6.07) is 3.24. The van der Waals surface area contributed by atoms with Crippen LogP contribution < -0.4 is 10.1 Å². The van der Waals surface area contributed by atoms with Gasteiger partial charge in [-0.15, -0.1) is 0 Å². The van der Waals surface area contributed by atoms with Crippen molar-refractivity contribution in [1.29, 1.82) is 0 Å². The molecule has 0 saturated carbocycles. The molecule has 1 saturated heterocycles. The number of hydrogen-bond acceptors (Lipinski definition) is 6. The van der Waals surface area contributed by atoms with Crippen LogP contribution in [0.2, 0.25) is 0 Å². The highest BCUT2D eigenvalue weighted by molar-refractivity contribution is 5.95. The van der Waals surface area contributed by atoms with Gasteiger partial charge < -0.3 is 14.8 Å². The van der Waals surface area contributed by atoms with Gasteiger partial charge in [-0.3, -0.25) is 9.69 Å². The third-order valence-corrected chi connectivity index (χ3v) is 3.89. The summed E-state index contributed by atoms with van der Waals surface area (Å²) in [7, 11) is 1.30. The van der Waals surface area contributed by atoms with Crippen molar-refractivity contribution in [3.63, 3.8) is 0 Å². The Kier molecular flexibility index (Phi) is 5.07. The molecule has 0 radical (unpaired) electrons. The highest BCUT2D eigenvalue weighted by Gasteiger charge is 2.27.